The molecule has 1 saturated heterocycles. The van der Waals surface area contributed by atoms with Crippen LogP contribution in [0, 0.1) is 0 Å². The zero-order chi connectivity index (χ0) is 38.4. The summed E-state index contributed by atoms with van der Waals surface area (Å²) in [6.07, 6.45) is -0.874. The average molecular weight is 789 g/mol. The lowest BCUT2D eigenvalue weighted by Gasteiger charge is -2.37. The maximum Gasteiger partial charge on any atom is 0.416 e. The van der Waals surface area contributed by atoms with E-state index < -0.39 is 38.5 Å². The first kappa shape index (κ1) is 37.4. The van der Waals surface area contributed by atoms with E-state index in [1.165, 1.54) is 0 Å². The topological polar surface area (TPSA) is 160 Å². The fraction of sp³-hybridized carbons (Fsp3) is 0.400. The third kappa shape index (κ3) is 7.54. The smallest absolute Gasteiger partial charge is 0.377 e. The standard InChI is InChI=1S/C35H36ClF3N8O6S/c1-2-28-30(44-13-15-45(16-14-44)32(49)24-5-3-4-6-26(24)43-54(51,52)23-8-9-23)33(50)47-34(41-31(42-47)21-11-17-53-18-12-21)46(28)20-29(48)40-27-10-7-22(19-25(27)36)35(37,38)39/h3-7,10-11,19,23,43H,2,8-9,12-18,20H2,1H3,(H,40,48). The molecular weight excluding hydrogens is 753 g/mol. The number of amides is 2. The van der Waals surface area contributed by atoms with Gasteiger partial charge < -0.3 is 24.4 Å². The summed E-state index contributed by atoms with van der Waals surface area (Å²) in [5.41, 5.74) is 0.433. The summed E-state index contributed by atoms with van der Waals surface area (Å²) in [5.74, 6) is -0.614. The number of carbonyl (C=O) groups is 2. The number of piperazine rings is 1. The Morgan fingerprint density at radius 1 is 1.06 bits per heavy atom. The second-order valence-corrected chi connectivity index (χ2v) is 15.5. The zero-order valence-corrected chi connectivity index (χ0v) is 30.6. The van der Waals surface area contributed by atoms with E-state index in [2.05, 4.69) is 20.1 Å². The minimum absolute atomic E-state index is 0.0257. The molecule has 4 aromatic rings. The summed E-state index contributed by atoms with van der Waals surface area (Å²) >= 11 is 6.13. The predicted octanol–water partition coefficient (Wildman–Crippen LogP) is 4.43. The molecule has 1 aliphatic carbocycles. The van der Waals surface area contributed by atoms with Crippen molar-refractivity contribution in [1.29, 1.82) is 0 Å². The molecule has 14 nitrogen and oxygen atoms in total. The molecule has 2 amide bonds. The third-order valence-electron chi connectivity index (χ3n) is 9.54. The molecule has 2 fully saturated rings. The van der Waals surface area contributed by atoms with E-state index in [0.29, 0.717) is 44.0 Å². The monoisotopic (exact) mass is 788 g/mol. The highest BCUT2D eigenvalue weighted by Gasteiger charge is 2.37. The number of halogens is 4. The molecule has 2 aliphatic heterocycles. The van der Waals surface area contributed by atoms with Gasteiger partial charge in [0.05, 0.1) is 51.7 Å². The quantitative estimate of drug-likeness (QED) is 0.237. The number of benzene rings is 2. The van der Waals surface area contributed by atoms with Crippen molar-refractivity contribution in [3.8, 4) is 0 Å². The first-order chi connectivity index (χ1) is 25.7. The number of nitrogens with one attached hydrogen (secondary N) is 2. The molecule has 54 heavy (non-hydrogen) atoms. The SMILES string of the molecule is CCc1c(N2CCN(C(=O)c3ccccc3NS(=O)(=O)C3CC3)CC2)c(=O)n2nc(C3=CCOCC3)nc2n1CC(=O)Nc1ccc(C(F)(F)F)cc1Cl. The summed E-state index contributed by atoms with van der Waals surface area (Å²) in [6.45, 7) is 3.07. The van der Waals surface area contributed by atoms with Crippen molar-refractivity contribution in [1.82, 2.24) is 24.1 Å². The number of ether oxygens (including phenoxy) is 1. The van der Waals surface area contributed by atoms with Crippen molar-refractivity contribution in [2.45, 2.75) is 50.6 Å². The molecule has 1 saturated carbocycles. The zero-order valence-electron chi connectivity index (χ0n) is 29.0. The van der Waals surface area contributed by atoms with Crippen LogP contribution in [0.4, 0.5) is 30.2 Å². The van der Waals surface area contributed by atoms with Crippen molar-refractivity contribution >= 4 is 61.9 Å². The number of sulfonamides is 1. The fourth-order valence-corrected chi connectivity index (χ4v) is 8.23. The Labute approximate surface area is 312 Å². The first-order valence-electron chi connectivity index (χ1n) is 17.4. The van der Waals surface area contributed by atoms with Crippen LogP contribution in [0.15, 0.2) is 53.3 Å². The number of hydrogen-bond donors (Lipinski definition) is 2. The van der Waals surface area contributed by atoms with E-state index in [1.54, 1.807) is 33.7 Å². The van der Waals surface area contributed by atoms with Gasteiger partial charge in [0.1, 0.15) is 12.2 Å². The van der Waals surface area contributed by atoms with Crippen LogP contribution in [0.3, 0.4) is 0 Å². The molecular formula is C35H36ClF3N8O6S. The van der Waals surface area contributed by atoms with Crippen molar-refractivity contribution in [2.75, 3.05) is 54.3 Å². The molecule has 2 aromatic heterocycles. The Morgan fingerprint density at radius 2 is 1.80 bits per heavy atom. The van der Waals surface area contributed by atoms with Crippen molar-refractivity contribution in [2.24, 2.45) is 0 Å². The predicted molar refractivity (Wildman–Crippen MR) is 195 cm³/mol. The molecule has 0 radical (unpaired) electrons. The molecule has 0 bridgehead atoms. The highest BCUT2D eigenvalue weighted by molar-refractivity contribution is 7.93. The van der Waals surface area contributed by atoms with E-state index in [4.69, 9.17) is 16.3 Å². The van der Waals surface area contributed by atoms with Crippen LogP contribution >= 0.6 is 11.6 Å². The van der Waals surface area contributed by atoms with Gasteiger partial charge in [0.15, 0.2) is 5.82 Å². The van der Waals surface area contributed by atoms with Crippen molar-refractivity contribution in [3.05, 3.63) is 86.6 Å². The van der Waals surface area contributed by atoms with Crippen LogP contribution in [0.1, 0.15) is 53.6 Å². The van der Waals surface area contributed by atoms with E-state index in [0.717, 1.165) is 28.3 Å². The first-order valence-corrected chi connectivity index (χ1v) is 19.3. The number of aromatic nitrogens is 4. The van der Waals surface area contributed by atoms with Crippen LogP contribution in [0.2, 0.25) is 5.02 Å². The molecule has 7 rings (SSSR count). The number of fused-ring (bicyclic) bond motifs is 1. The largest absolute Gasteiger partial charge is 0.416 e. The molecule has 2 aromatic carbocycles. The van der Waals surface area contributed by atoms with Crippen LogP contribution in [-0.2, 0) is 38.7 Å². The molecule has 286 valence electrons. The summed E-state index contributed by atoms with van der Waals surface area (Å²) in [7, 11) is -3.61. The molecule has 4 heterocycles. The number of nitrogens with zero attached hydrogens (tertiary/aromatic N) is 6. The van der Waals surface area contributed by atoms with Crippen LogP contribution in [-0.4, -0.2) is 88.9 Å². The Bertz CT molecular complexity index is 2330. The second-order valence-electron chi connectivity index (χ2n) is 13.2. The highest BCUT2D eigenvalue weighted by atomic mass is 35.5. The highest BCUT2D eigenvalue weighted by Crippen LogP contribution is 2.34. The van der Waals surface area contributed by atoms with Crippen LogP contribution in [0.25, 0.3) is 11.4 Å². The van der Waals surface area contributed by atoms with Gasteiger partial charge in [-0.05, 0) is 61.6 Å². The lowest BCUT2D eigenvalue weighted by molar-refractivity contribution is -0.137. The van der Waals surface area contributed by atoms with E-state index in [-0.39, 0.29) is 78.5 Å². The minimum atomic E-state index is -4.62. The van der Waals surface area contributed by atoms with E-state index >= 15 is 0 Å². The lowest BCUT2D eigenvalue weighted by Crippen LogP contribution is -2.51. The normalized spacial score (nSPS) is 16.7. The Balaban J connectivity index is 1.19. The average Bonchev–Trinajstić information content (AvgIpc) is 3.93. The number of hydrogen-bond acceptors (Lipinski definition) is 9. The van der Waals surface area contributed by atoms with Gasteiger partial charge in [-0.15, -0.1) is 5.10 Å². The summed E-state index contributed by atoms with van der Waals surface area (Å²) in [6, 6.07) is 9.06. The van der Waals surface area contributed by atoms with Gasteiger partial charge in [-0.25, -0.2) is 8.42 Å². The molecule has 2 N–H and O–H groups in total. The number of alkyl halides is 3. The molecule has 0 unspecified atom stereocenters. The Hall–Kier alpha value is -4.94. The number of carbonyl (C=O) groups excluding carboxylic acids is 2. The molecule has 19 heteroatoms. The van der Waals surface area contributed by atoms with Gasteiger partial charge >= 0.3 is 6.18 Å². The Morgan fingerprint density at radius 3 is 2.44 bits per heavy atom. The summed E-state index contributed by atoms with van der Waals surface area (Å²) in [4.78, 5) is 49.6. The van der Waals surface area contributed by atoms with Gasteiger partial charge in [-0.1, -0.05) is 36.7 Å². The van der Waals surface area contributed by atoms with E-state index in [9.17, 15) is 36.0 Å². The molecule has 3 aliphatic rings. The minimum Gasteiger partial charge on any atom is -0.377 e. The number of anilines is 3. The summed E-state index contributed by atoms with van der Waals surface area (Å²) < 4.78 is 75.7. The number of rotatable bonds is 10. The fourth-order valence-electron chi connectivity index (χ4n) is 6.60. The summed E-state index contributed by atoms with van der Waals surface area (Å²) in [5, 5.41) is 6.35. The van der Waals surface area contributed by atoms with Gasteiger partial charge in [0.2, 0.25) is 21.7 Å². The van der Waals surface area contributed by atoms with Crippen LogP contribution < -0.4 is 20.5 Å². The van der Waals surface area contributed by atoms with Gasteiger partial charge in [0, 0.05) is 26.2 Å². The third-order valence-corrected chi connectivity index (χ3v) is 11.7. The molecule has 0 atom stereocenters. The van der Waals surface area contributed by atoms with Crippen LogP contribution in [0.5, 0.6) is 0 Å². The van der Waals surface area contributed by atoms with Crippen molar-refractivity contribution in [3.63, 3.8) is 0 Å². The van der Waals surface area contributed by atoms with Gasteiger partial charge in [0.25, 0.3) is 11.5 Å². The number of para-hydroxylation sites is 1. The second kappa shape index (κ2) is 14.7. The molecule has 0 spiro atoms. The van der Waals surface area contributed by atoms with Gasteiger partial charge in [-0.2, -0.15) is 22.7 Å². The Kier molecular flexibility index (Phi) is 10.2. The maximum atomic E-state index is 14.3. The van der Waals surface area contributed by atoms with Gasteiger partial charge in [-0.3, -0.25) is 19.1 Å². The lowest BCUT2D eigenvalue weighted by atomic mass is 10.1. The maximum absolute atomic E-state index is 14.3. The van der Waals surface area contributed by atoms with Crippen molar-refractivity contribution < 1.29 is 35.9 Å². The van der Waals surface area contributed by atoms with E-state index in [1.807, 2.05) is 17.9 Å².